The van der Waals surface area contributed by atoms with Crippen molar-refractivity contribution >= 4 is 18.3 Å². The third kappa shape index (κ3) is 3.25. The second kappa shape index (κ2) is 6.78. The Balaban J connectivity index is 0.00000162. The normalized spacial score (nSPS) is 19.4. The van der Waals surface area contributed by atoms with Crippen molar-refractivity contribution in [1.82, 2.24) is 4.90 Å². The van der Waals surface area contributed by atoms with Crippen molar-refractivity contribution in [2.75, 3.05) is 19.7 Å². The highest BCUT2D eigenvalue weighted by molar-refractivity contribution is 5.94. The lowest BCUT2D eigenvalue weighted by Crippen LogP contribution is -2.45. The van der Waals surface area contributed by atoms with Crippen LogP contribution in [0.4, 0.5) is 0 Å². The molecule has 1 aromatic rings. The smallest absolute Gasteiger partial charge is 0.257 e. The minimum Gasteiger partial charge on any atom is -0.467 e. The Hall–Kier alpha value is -1.04. The molecule has 0 aromatic carbocycles. The van der Waals surface area contributed by atoms with Crippen molar-refractivity contribution in [3.05, 3.63) is 23.7 Å². The van der Waals surface area contributed by atoms with E-state index >= 15 is 0 Å². The van der Waals surface area contributed by atoms with Crippen LogP contribution >= 0.6 is 12.4 Å². The monoisotopic (exact) mass is 274 g/mol. The van der Waals surface area contributed by atoms with Gasteiger partial charge in [-0.3, -0.25) is 4.79 Å². The van der Waals surface area contributed by atoms with Crippen LogP contribution in [0.1, 0.15) is 29.5 Å². The maximum absolute atomic E-state index is 12.2. The first-order valence-corrected chi connectivity index (χ1v) is 5.93. The molecule has 0 saturated carbocycles. The van der Waals surface area contributed by atoms with Gasteiger partial charge in [0.1, 0.15) is 12.0 Å². The number of hydrogen-bond acceptors (Lipinski definition) is 4. The van der Waals surface area contributed by atoms with Gasteiger partial charge in [-0.15, -0.1) is 12.4 Å². The predicted octanol–water partition coefficient (Wildman–Crippen LogP) is 1.41. The topological polar surface area (TPSA) is 68.7 Å². The third-order valence-corrected chi connectivity index (χ3v) is 2.98. The number of furan rings is 1. The summed E-state index contributed by atoms with van der Waals surface area (Å²) in [5.41, 5.74) is 6.02. The molecule has 5 nitrogen and oxygen atoms in total. The predicted molar refractivity (Wildman–Crippen MR) is 69.8 cm³/mol. The molecular weight excluding hydrogens is 256 g/mol. The summed E-state index contributed by atoms with van der Waals surface area (Å²) in [5, 5.41) is 0. The molecular formula is C12H19ClN2O3. The van der Waals surface area contributed by atoms with E-state index in [1.807, 2.05) is 4.90 Å². The fourth-order valence-electron chi connectivity index (χ4n) is 1.93. The van der Waals surface area contributed by atoms with Crippen LogP contribution in [-0.2, 0) is 11.3 Å². The van der Waals surface area contributed by atoms with E-state index in [-0.39, 0.29) is 24.4 Å². The Labute approximate surface area is 113 Å². The largest absolute Gasteiger partial charge is 0.467 e. The van der Waals surface area contributed by atoms with E-state index in [4.69, 9.17) is 14.9 Å². The number of morpholine rings is 1. The van der Waals surface area contributed by atoms with Gasteiger partial charge < -0.3 is 19.8 Å². The minimum absolute atomic E-state index is 0. The number of carbonyl (C=O) groups excluding carboxylic acids is 1. The van der Waals surface area contributed by atoms with Crippen molar-refractivity contribution in [3.63, 3.8) is 0 Å². The van der Waals surface area contributed by atoms with Crippen molar-refractivity contribution in [1.29, 1.82) is 0 Å². The Kier molecular flexibility index (Phi) is 5.65. The number of carbonyl (C=O) groups is 1. The summed E-state index contributed by atoms with van der Waals surface area (Å²) in [5.74, 6) is 0.629. The Morgan fingerprint density at radius 1 is 1.61 bits per heavy atom. The van der Waals surface area contributed by atoms with Crippen LogP contribution in [0.5, 0.6) is 0 Å². The van der Waals surface area contributed by atoms with Crippen molar-refractivity contribution < 1.29 is 13.9 Å². The minimum atomic E-state index is -0.00444. The fourth-order valence-corrected chi connectivity index (χ4v) is 1.93. The van der Waals surface area contributed by atoms with Crippen LogP contribution < -0.4 is 5.73 Å². The molecule has 1 saturated heterocycles. The number of rotatable bonds is 3. The Morgan fingerprint density at radius 3 is 3.00 bits per heavy atom. The zero-order valence-corrected chi connectivity index (χ0v) is 11.2. The summed E-state index contributed by atoms with van der Waals surface area (Å²) in [6.07, 6.45) is 2.54. The van der Waals surface area contributed by atoms with E-state index in [1.54, 1.807) is 6.07 Å². The maximum atomic E-state index is 12.2. The van der Waals surface area contributed by atoms with Gasteiger partial charge in [0.25, 0.3) is 5.91 Å². The van der Waals surface area contributed by atoms with E-state index in [1.165, 1.54) is 6.26 Å². The maximum Gasteiger partial charge on any atom is 0.257 e. The Bertz CT molecular complexity index is 394. The summed E-state index contributed by atoms with van der Waals surface area (Å²) in [4.78, 5) is 14.0. The van der Waals surface area contributed by atoms with E-state index in [0.29, 0.717) is 37.6 Å². The standard InChI is InChI=1S/C12H18N2O3.ClH/c1-2-10-7-14(3-4-16-10)12(15)9-5-11(6-13)17-8-9;/h5,8,10H,2-4,6-7,13H2,1H3;1H. The molecule has 102 valence electrons. The molecule has 0 aliphatic carbocycles. The van der Waals surface area contributed by atoms with Gasteiger partial charge in [0, 0.05) is 13.1 Å². The van der Waals surface area contributed by atoms with E-state index < -0.39 is 0 Å². The lowest BCUT2D eigenvalue weighted by atomic mass is 10.2. The highest BCUT2D eigenvalue weighted by Gasteiger charge is 2.24. The molecule has 18 heavy (non-hydrogen) atoms. The van der Waals surface area contributed by atoms with Crippen LogP contribution in [0.3, 0.4) is 0 Å². The van der Waals surface area contributed by atoms with Gasteiger partial charge in [-0.1, -0.05) is 6.92 Å². The van der Waals surface area contributed by atoms with Gasteiger partial charge in [-0.05, 0) is 12.5 Å². The number of amides is 1. The Morgan fingerprint density at radius 2 is 2.39 bits per heavy atom. The first kappa shape index (κ1) is 15.0. The zero-order chi connectivity index (χ0) is 12.3. The summed E-state index contributed by atoms with van der Waals surface area (Å²) in [6.45, 7) is 4.26. The van der Waals surface area contributed by atoms with Crippen LogP contribution in [0, 0.1) is 0 Å². The van der Waals surface area contributed by atoms with Crippen molar-refractivity contribution in [2.24, 2.45) is 5.73 Å². The van der Waals surface area contributed by atoms with E-state index in [0.717, 1.165) is 6.42 Å². The number of halogens is 1. The molecule has 1 aliphatic heterocycles. The summed E-state index contributed by atoms with van der Waals surface area (Å²) in [7, 11) is 0. The second-order valence-corrected chi connectivity index (χ2v) is 4.16. The lowest BCUT2D eigenvalue weighted by Gasteiger charge is -2.32. The summed E-state index contributed by atoms with van der Waals surface area (Å²) < 4.78 is 10.7. The van der Waals surface area contributed by atoms with Gasteiger partial charge in [0.05, 0.1) is 24.8 Å². The van der Waals surface area contributed by atoms with Crippen molar-refractivity contribution in [3.8, 4) is 0 Å². The van der Waals surface area contributed by atoms with E-state index in [2.05, 4.69) is 6.92 Å². The fraction of sp³-hybridized carbons (Fsp3) is 0.583. The average molecular weight is 275 g/mol. The highest BCUT2D eigenvalue weighted by Crippen LogP contribution is 2.14. The van der Waals surface area contributed by atoms with Crippen LogP contribution in [0.2, 0.25) is 0 Å². The van der Waals surface area contributed by atoms with Gasteiger partial charge in [-0.25, -0.2) is 0 Å². The average Bonchev–Trinajstić information content (AvgIpc) is 2.86. The molecule has 1 aliphatic rings. The van der Waals surface area contributed by atoms with Crippen LogP contribution in [0.25, 0.3) is 0 Å². The summed E-state index contributed by atoms with van der Waals surface area (Å²) in [6, 6.07) is 1.71. The molecule has 2 rings (SSSR count). The number of ether oxygens (including phenoxy) is 1. The number of nitrogens with zero attached hydrogens (tertiary/aromatic N) is 1. The SMILES string of the molecule is CCC1CN(C(=O)c2coc(CN)c2)CCO1.Cl. The van der Waals surface area contributed by atoms with Gasteiger partial charge in [-0.2, -0.15) is 0 Å². The first-order chi connectivity index (χ1) is 8.24. The molecule has 1 aromatic heterocycles. The molecule has 1 atom stereocenters. The van der Waals surface area contributed by atoms with Crippen LogP contribution in [-0.4, -0.2) is 36.6 Å². The zero-order valence-electron chi connectivity index (χ0n) is 10.4. The van der Waals surface area contributed by atoms with Gasteiger partial charge in [0.2, 0.25) is 0 Å². The molecule has 0 radical (unpaired) electrons. The molecule has 6 heteroatoms. The van der Waals surface area contributed by atoms with Crippen LogP contribution in [0.15, 0.2) is 16.7 Å². The number of hydrogen-bond donors (Lipinski definition) is 1. The molecule has 1 amide bonds. The quantitative estimate of drug-likeness (QED) is 0.905. The highest BCUT2D eigenvalue weighted by atomic mass is 35.5. The van der Waals surface area contributed by atoms with E-state index in [9.17, 15) is 4.79 Å². The molecule has 2 N–H and O–H groups in total. The number of nitrogens with two attached hydrogens (primary N) is 1. The lowest BCUT2D eigenvalue weighted by molar-refractivity contribution is -0.0226. The van der Waals surface area contributed by atoms with Gasteiger partial charge in [0.15, 0.2) is 0 Å². The summed E-state index contributed by atoms with van der Waals surface area (Å²) >= 11 is 0. The third-order valence-electron chi connectivity index (χ3n) is 2.98. The second-order valence-electron chi connectivity index (χ2n) is 4.16. The molecule has 1 unspecified atom stereocenters. The first-order valence-electron chi connectivity index (χ1n) is 5.93. The van der Waals surface area contributed by atoms with Crippen molar-refractivity contribution in [2.45, 2.75) is 26.0 Å². The van der Waals surface area contributed by atoms with Gasteiger partial charge >= 0.3 is 0 Å². The molecule has 2 heterocycles. The molecule has 0 spiro atoms. The molecule has 1 fully saturated rings. The molecule has 0 bridgehead atoms.